The second-order valence-corrected chi connectivity index (χ2v) is 4.57. The Hall–Kier alpha value is 0.310. The highest BCUT2D eigenvalue weighted by Gasteiger charge is 2.21. The molecular weight excluding hydrogens is 144 g/mol. The largest absolute Gasteiger partial charge is 0.368 e. The van der Waals surface area contributed by atoms with Crippen molar-refractivity contribution >= 4 is 11.8 Å². The van der Waals surface area contributed by atoms with Crippen molar-refractivity contribution in [2.24, 2.45) is 11.8 Å². The molecule has 1 nitrogen and oxygen atoms in total. The van der Waals surface area contributed by atoms with Crippen LogP contribution in [0.3, 0.4) is 0 Å². The summed E-state index contributed by atoms with van der Waals surface area (Å²) in [6, 6.07) is 0. The third-order valence-electron chi connectivity index (χ3n) is 2.03. The van der Waals surface area contributed by atoms with Gasteiger partial charge >= 0.3 is 0 Å². The Labute approximate surface area is 67.5 Å². The molecule has 0 aliphatic carbocycles. The highest BCUT2D eigenvalue weighted by molar-refractivity contribution is 7.99. The molecule has 0 bridgehead atoms. The topological polar surface area (TPSA) is 9.23 Å². The van der Waals surface area contributed by atoms with Crippen LogP contribution in [0.15, 0.2) is 0 Å². The molecule has 1 fully saturated rings. The maximum atomic E-state index is 5.51. The van der Waals surface area contributed by atoms with Gasteiger partial charge in [0, 0.05) is 5.75 Å². The molecule has 0 radical (unpaired) electrons. The molecule has 0 N–H and O–H groups in total. The first-order valence-electron chi connectivity index (χ1n) is 3.93. The van der Waals surface area contributed by atoms with Crippen molar-refractivity contribution in [1.82, 2.24) is 0 Å². The summed E-state index contributed by atoms with van der Waals surface area (Å²) in [6.45, 7) is 7.63. The van der Waals surface area contributed by atoms with E-state index in [1.54, 1.807) is 0 Å². The summed E-state index contributed by atoms with van der Waals surface area (Å²) in [5, 5.41) is 0. The molecule has 10 heavy (non-hydrogen) atoms. The van der Waals surface area contributed by atoms with E-state index < -0.39 is 0 Å². The molecule has 0 aromatic rings. The Balaban J connectivity index is 2.26. The van der Waals surface area contributed by atoms with Crippen molar-refractivity contribution in [2.45, 2.75) is 26.2 Å². The molecule has 0 amide bonds. The van der Waals surface area contributed by atoms with E-state index in [9.17, 15) is 0 Å². The van der Waals surface area contributed by atoms with Crippen molar-refractivity contribution in [1.29, 1.82) is 0 Å². The number of hydrogen-bond donors (Lipinski definition) is 0. The zero-order chi connectivity index (χ0) is 7.56. The SMILES string of the molecule is CC1OCC(C(C)C)CS1. The van der Waals surface area contributed by atoms with Gasteiger partial charge in [0.2, 0.25) is 0 Å². The summed E-state index contributed by atoms with van der Waals surface area (Å²) >= 11 is 1.93. The van der Waals surface area contributed by atoms with Gasteiger partial charge in [-0.2, -0.15) is 0 Å². The van der Waals surface area contributed by atoms with Crippen LogP contribution in [-0.2, 0) is 4.74 Å². The van der Waals surface area contributed by atoms with Crippen LogP contribution in [-0.4, -0.2) is 17.8 Å². The molecule has 1 aliphatic heterocycles. The van der Waals surface area contributed by atoms with Gasteiger partial charge in [-0.15, -0.1) is 11.8 Å². The van der Waals surface area contributed by atoms with Gasteiger partial charge < -0.3 is 4.74 Å². The van der Waals surface area contributed by atoms with E-state index in [0.29, 0.717) is 5.44 Å². The van der Waals surface area contributed by atoms with E-state index in [2.05, 4.69) is 20.8 Å². The molecule has 1 rings (SSSR count). The maximum Gasteiger partial charge on any atom is 0.0999 e. The Kier molecular flexibility index (Phi) is 3.05. The lowest BCUT2D eigenvalue weighted by Crippen LogP contribution is -2.26. The van der Waals surface area contributed by atoms with Crippen LogP contribution in [0.5, 0.6) is 0 Å². The zero-order valence-corrected chi connectivity index (χ0v) is 7.78. The van der Waals surface area contributed by atoms with E-state index >= 15 is 0 Å². The number of rotatable bonds is 1. The molecule has 1 aliphatic rings. The molecule has 0 aromatic heterocycles. The molecular formula is C8H16OS. The molecule has 0 spiro atoms. The van der Waals surface area contributed by atoms with Crippen molar-refractivity contribution in [3.8, 4) is 0 Å². The quantitative estimate of drug-likeness (QED) is 0.582. The molecule has 0 aromatic carbocycles. The Morgan fingerprint density at radius 2 is 2.20 bits per heavy atom. The van der Waals surface area contributed by atoms with Crippen LogP contribution in [0.1, 0.15) is 20.8 Å². The number of hydrogen-bond acceptors (Lipinski definition) is 2. The molecule has 2 atom stereocenters. The standard InChI is InChI=1S/C8H16OS/c1-6(2)8-4-9-7(3)10-5-8/h6-8H,4-5H2,1-3H3. The predicted molar refractivity (Wildman–Crippen MR) is 46.2 cm³/mol. The Morgan fingerprint density at radius 1 is 1.50 bits per heavy atom. The fourth-order valence-electron chi connectivity index (χ4n) is 0.999. The van der Waals surface area contributed by atoms with Crippen LogP contribution < -0.4 is 0 Å². The van der Waals surface area contributed by atoms with Gasteiger partial charge in [-0.05, 0) is 18.8 Å². The van der Waals surface area contributed by atoms with Gasteiger partial charge in [-0.1, -0.05) is 13.8 Å². The van der Waals surface area contributed by atoms with Crippen LogP contribution >= 0.6 is 11.8 Å². The van der Waals surface area contributed by atoms with Crippen molar-refractivity contribution < 1.29 is 4.74 Å². The predicted octanol–water partition coefficient (Wildman–Crippen LogP) is 2.37. The first-order valence-corrected chi connectivity index (χ1v) is 4.98. The van der Waals surface area contributed by atoms with Crippen LogP contribution in [0.2, 0.25) is 0 Å². The van der Waals surface area contributed by atoms with Crippen molar-refractivity contribution in [2.75, 3.05) is 12.4 Å². The highest BCUT2D eigenvalue weighted by atomic mass is 32.2. The molecule has 1 saturated heterocycles. The smallest absolute Gasteiger partial charge is 0.0999 e. The average molecular weight is 160 g/mol. The first kappa shape index (κ1) is 8.41. The number of ether oxygens (including phenoxy) is 1. The molecule has 0 saturated carbocycles. The van der Waals surface area contributed by atoms with Gasteiger partial charge in [-0.3, -0.25) is 0 Å². The summed E-state index contributed by atoms with van der Waals surface area (Å²) in [4.78, 5) is 0. The fourth-order valence-corrected chi connectivity index (χ4v) is 2.17. The van der Waals surface area contributed by atoms with E-state index in [0.717, 1.165) is 18.4 Å². The summed E-state index contributed by atoms with van der Waals surface area (Å²) < 4.78 is 5.51. The van der Waals surface area contributed by atoms with Gasteiger partial charge in [0.25, 0.3) is 0 Å². The van der Waals surface area contributed by atoms with Gasteiger partial charge in [-0.25, -0.2) is 0 Å². The minimum Gasteiger partial charge on any atom is -0.368 e. The molecule has 1 heterocycles. The minimum absolute atomic E-state index is 0.426. The third-order valence-corrected chi connectivity index (χ3v) is 3.26. The Bertz CT molecular complexity index is 95.4. The van der Waals surface area contributed by atoms with E-state index in [1.807, 2.05) is 11.8 Å². The fraction of sp³-hybridized carbons (Fsp3) is 1.00. The molecule has 2 heteroatoms. The van der Waals surface area contributed by atoms with Crippen molar-refractivity contribution in [3.63, 3.8) is 0 Å². The summed E-state index contributed by atoms with van der Waals surface area (Å²) in [5.41, 5.74) is 0.426. The van der Waals surface area contributed by atoms with Gasteiger partial charge in [0.1, 0.15) is 0 Å². The zero-order valence-electron chi connectivity index (χ0n) is 6.96. The average Bonchev–Trinajstić information content (AvgIpc) is 1.88. The second kappa shape index (κ2) is 3.63. The minimum atomic E-state index is 0.426. The Morgan fingerprint density at radius 3 is 2.60 bits per heavy atom. The van der Waals surface area contributed by atoms with Crippen LogP contribution in [0, 0.1) is 11.8 Å². The van der Waals surface area contributed by atoms with Gasteiger partial charge in [0.05, 0.1) is 12.0 Å². The number of thioether (sulfide) groups is 1. The van der Waals surface area contributed by atoms with Crippen LogP contribution in [0.25, 0.3) is 0 Å². The summed E-state index contributed by atoms with van der Waals surface area (Å²) in [6.07, 6.45) is 0. The molecule has 60 valence electrons. The maximum absolute atomic E-state index is 5.51. The first-order chi connectivity index (χ1) is 4.70. The normalized spacial score (nSPS) is 34.8. The van der Waals surface area contributed by atoms with E-state index in [-0.39, 0.29) is 0 Å². The second-order valence-electron chi connectivity index (χ2n) is 3.24. The van der Waals surface area contributed by atoms with E-state index in [4.69, 9.17) is 4.74 Å². The summed E-state index contributed by atoms with van der Waals surface area (Å²) in [5.74, 6) is 2.83. The monoisotopic (exact) mass is 160 g/mol. The lowest BCUT2D eigenvalue weighted by atomic mass is 9.99. The van der Waals surface area contributed by atoms with Crippen LogP contribution in [0.4, 0.5) is 0 Å². The van der Waals surface area contributed by atoms with E-state index in [1.165, 1.54) is 5.75 Å². The lowest BCUT2D eigenvalue weighted by Gasteiger charge is -2.28. The highest BCUT2D eigenvalue weighted by Crippen LogP contribution is 2.27. The third kappa shape index (κ3) is 2.17. The van der Waals surface area contributed by atoms with Crippen molar-refractivity contribution in [3.05, 3.63) is 0 Å². The molecule has 2 unspecified atom stereocenters. The summed E-state index contributed by atoms with van der Waals surface area (Å²) in [7, 11) is 0. The van der Waals surface area contributed by atoms with Gasteiger partial charge in [0.15, 0.2) is 0 Å². The lowest BCUT2D eigenvalue weighted by molar-refractivity contribution is 0.0718.